The number of carbonyl (C=O) groups excluding carboxylic acids is 1. The molecule has 2 aromatic rings. The first-order chi connectivity index (χ1) is 13.4. The lowest BCUT2D eigenvalue weighted by atomic mass is 9.73. The summed E-state index contributed by atoms with van der Waals surface area (Å²) in [6.45, 7) is 13.1. The van der Waals surface area contributed by atoms with Gasteiger partial charge in [-0.3, -0.25) is 4.79 Å². The van der Waals surface area contributed by atoms with E-state index >= 15 is 0 Å². The molecule has 0 radical (unpaired) electrons. The maximum Gasteiger partial charge on any atom is 0.305 e. The van der Waals surface area contributed by atoms with Crippen molar-refractivity contribution in [2.24, 2.45) is 0 Å². The Hall–Kier alpha value is -1.41. The first kappa shape index (κ1) is 23.9. The molecule has 0 aromatic heterocycles. The van der Waals surface area contributed by atoms with Gasteiger partial charge in [0, 0.05) is 11.7 Å². The molecule has 0 aliphatic heterocycles. The molecule has 1 unspecified atom stereocenters. The average molecular weight is 435 g/mol. The molecule has 0 bridgehead atoms. The second kappa shape index (κ2) is 9.16. The highest BCUT2D eigenvalue weighted by Gasteiger charge is 2.29. The molecule has 3 nitrogen and oxygen atoms in total. The van der Waals surface area contributed by atoms with Crippen molar-refractivity contribution < 1.29 is 14.4 Å². The van der Waals surface area contributed by atoms with E-state index in [2.05, 4.69) is 53.7 Å². The van der Waals surface area contributed by atoms with Crippen LogP contribution in [0.4, 0.5) is 0 Å². The molecule has 1 N–H and O–H groups in total. The number of aryl methyl sites for hydroxylation is 1. The molecule has 0 saturated heterocycles. The van der Waals surface area contributed by atoms with E-state index in [4.69, 9.17) is 16.0 Å². The number of esters is 1. The number of methoxy groups -OCH3 is 1. The van der Waals surface area contributed by atoms with Crippen molar-refractivity contribution in [1.29, 1.82) is 0 Å². The molecule has 29 heavy (non-hydrogen) atoms. The molecule has 0 saturated carbocycles. The standard InChI is InChI=1S/C24H32ClO3P/c1-23(2,3)18-14-16(12-13-21(26)28-7)15-19(24(4,5)6)22(18)17-10-8-9-11-20(17)29(25)27/h8-11,14-15,27H,12-13H2,1-7H3. The van der Waals surface area contributed by atoms with Gasteiger partial charge in [-0.1, -0.05) is 89.2 Å². The molecule has 0 heterocycles. The van der Waals surface area contributed by atoms with Crippen molar-refractivity contribution in [3.63, 3.8) is 0 Å². The monoisotopic (exact) mass is 434 g/mol. The predicted octanol–water partition coefficient (Wildman–Crippen LogP) is 6.22. The van der Waals surface area contributed by atoms with Crippen LogP contribution in [0.25, 0.3) is 11.1 Å². The highest BCUT2D eigenvalue weighted by atomic mass is 35.7. The fourth-order valence-corrected chi connectivity index (χ4v) is 4.55. The maximum absolute atomic E-state index is 11.7. The van der Waals surface area contributed by atoms with Gasteiger partial charge in [0.25, 0.3) is 0 Å². The number of hydrogen-bond acceptors (Lipinski definition) is 3. The molecular weight excluding hydrogens is 403 g/mol. The first-order valence-electron chi connectivity index (χ1n) is 9.85. The van der Waals surface area contributed by atoms with Crippen LogP contribution in [-0.2, 0) is 26.8 Å². The minimum Gasteiger partial charge on any atom is -0.469 e. The quantitative estimate of drug-likeness (QED) is 0.448. The summed E-state index contributed by atoms with van der Waals surface area (Å²) in [5.41, 5.74) is 5.33. The Morgan fingerprint density at radius 3 is 2.00 bits per heavy atom. The number of ether oxygens (including phenoxy) is 1. The summed E-state index contributed by atoms with van der Waals surface area (Å²) in [6, 6.07) is 12.2. The second-order valence-corrected chi connectivity index (χ2v) is 11.4. The normalized spacial score (nSPS) is 13.3. The molecule has 0 amide bonds. The number of hydrogen-bond donors (Lipinski definition) is 1. The zero-order chi connectivity index (χ0) is 22.0. The smallest absolute Gasteiger partial charge is 0.305 e. The van der Waals surface area contributed by atoms with Crippen LogP contribution in [0.1, 0.15) is 64.7 Å². The molecular formula is C24H32ClO3P. The molecule has 0 spiro atoms. The summed E-state index contributed by atoms with van der Waals surface area (Å²) in [6.07, 6.45) is 0.978. The molecule has 2 rings (SSSR count). The van der Waals surface area contributed by atoms with Crippen molar-refractivity contribution in [2.75, 3.05) is 7.11 Å². The molecule has 0 fully saturated rings. The van der Waals surface area contributed by atoms with Gasteiger partial charge in [0.2, 0.25) is 0 Å². The SMILES string of the molecule is COC(=O)CCc1cc(C(C)(C)C)c(-c2ccccc2P(O)Cl)c(C(C)(C)C)c1. The third-order valence-corrected chi connectivity index (χ3v) is 6.37. The van der Waals surface area contributed by atoms with E-state index in [-0.39, 0.29) is 16.8 Å². The summed E-state index contributed by atoms with van der Waals surface area (Å²) < 4.78 is 4.82. The molecule has 2 aromatic carbocycles. The van der Waals surface area contributed by atoms with E-state index in [9.17, 15) is 9.69 Å². The molecule has 158 valence electrons. The molecule has 0 aliphatic rings. The zero-order valence-corrected chi connectivity index (χ0v) is 20.1. The topological polar surface area (TPSA) is 46.5 Å². The number of benzene rings is 2. The molecule has 5 heteroatoms. The van der Waals surface area contributed by atoms with Crippen LogP contribution in [0.3, 0.4) is 0 Å². The van der Waals surface area contributed by atoms with Gasteiger partial charge in [0.05, 0.1) is 7.11 Å². The fourth-order valence-electron chi connectivity index (χ4n) is 3.51. The minimum absolute atomic E-state index is 0.131. The number of carbonyl (C=O) groups is 1. The summed E-state index contributed by atoms with van der Waals surface area (Å²) in [7, 11) is -0.331. The van der Waals surface area contributed by atoms with Crippen LogP contribution < -0.4 is 5.30 Å². The van der Waals surface area contributed by atoms with Gasteiger partial charge in [0.1, 0.15) is 0 Å². The van der Waals surface area contributed by atoms with Gasteiger partial charge in [-0.2, -0.15) is 0 Å². The van der Waals surface area contributed by atoms with Crippen LogP contribution in [-0.4, -0.2) is 18.0 Å². The first-order valence-corrected chi connectivity index (χ1v) is 12.0. The second-order valence-electron chi connectivity index (χ2n) is 9.42. The van der Waals surface area contributed by atoms with Crippen molar-refractivity contribution in [3.8, 4) is 11.1 Å². The van der Waals surface area contributed by atoms with E-state index in [1.54, 1.807) is 0 Å². The predicted molar refractivity (Wildman–Crippen MR) is 124 cm³/mol. The van der Waals surface area contributed by atoms with E-state index in [0.29, 0.717) is 12.8 Å². The number of halogens is 1. The van der Waals surface area contributed by atoms with Gasteiger partial charge in [-0.05, 0) is 45.1 Å². The maximum atomic E-state index is 11.7. The van der Waals surface area contributed by atoms with E-state index < -0.39 is 7.50 Å². The van der Waals surface area contributed by atoms with Crippen molar-refractivity contribution >= 4 is 30.0 Å². The minimum atomic E-state index is -1.75. The summed E-state index contributed by atoms with van der Waals surface area (Å²) >= 11 is 6.19. The summed E-state index contributed by atoms with van der Waals surface area (Å²) in [4.78, 5) is 22.0. The van der Waals surface area contributed by atoms with Crippen molar-refractivity contribution in [3.05, 3.63) is 53.1 Å². The third-order valence-electron chi connectivity index (χ3n) is 5.03. The van der Waals surface area contributed by atoms with E-state index in [0.717, 1.165) is 22.0 Å². The van der Waals surface area contributed by atoms with Crippen LogP contribution in [0, 0.1) is 0 Å². The van der Waals surface area contributed by atoms with E-state index in [1.807, 2.05) is 24.3 Å². The molecule has 1 atom stereocenters. The lowest BCUT2D eigenvalue weighted by Gasteiger charge is -2.32. The zero-order valence-electron chi connectivity index (χ0n) is 18.5. The van der Waals surface area contributed by atoms with Crippen LogP contribution in [0.5, 0.6) is 0 Å². The van der Waals surface area contributed by atoms with Crippen molar-refractivity contribution in [2.45, 2.75) is 65.2 Å². The van der Waals surface area contributed by atoms with E-state index in [1.165, 1.54) is 18.2 Å². The van der Waals surface area contributed by atoms with Gasteiger partial charge in [0.15, 0.2) is 7.50 Å². The van der Waals surface area contributed by atoms with Crippen LogP contribution >= 0.6 is 18.7 Å². The largest absolute Gasteiger partial charge is 0.469 e. The van der Waals surface area contributed by atoms with Gasteiger partial charge in [-0.25, -0.2) is 0 Å². The van der Waals surface area contributed by atoms with Crippen LogP contribution in [0.2, 0.25) is 0 Å². The molecule has 0 aliphatic carbocycles. The Bertz CT molecular complexity index is 841. The van der Waals surface area contributed by atoms with Gasteiger partial charge in [-0.15, -0.1) is 0 Å². The average Bonchev–Trinajstić information content (AvgIpc) is 2.63. The Morgan fingerprint density at radius 1 is 1.03 bits per heavy atom. The summed E-state index contributed by atoms with van der Waals surface area (Å²) in [5, 5.41) is 0.766. The Labute approximate surface area is 181 Å². The highest BCUT2D eigenvalue weighted by molar-refractivity contribution is 7.85. The summed E-state index contributed by atoms with van der Waals surface area (Å²) in [5.74, 6) is -0.206. The van der Waals surface area contributed by atoms with Crippen LogP contribution in [0.15, 0.2) is 36.4 Å². The third kappa shape index (κ3) is 5.81. The van der Waals surface area contributed by atoms with Crippen molar-refractivity contribution in [1.82, 2.24) is 0 Å². The number of rotatable bonds is 5. The lowest BCUT2D eigenvalue weighted by Crippen LogP contribution is -2.22. The van der Waals surface area contributed by atoms with Gasteiger partial charge >= 0.3 is 5.97 Å². The Balaban J connectivity index is 2.83. The van der Waals surface area contributed by atoms with Gasteiger partial charge < -0.3 is 9.63 Å². The Kier molecular flexibility index (Phi) is 7.54. The Morgan fingerprint density at radius 2 is 1.55 bits per heavy atom. The highest BCUT2D eigenvalue weighted by Crippen LogP contribution is 2.45. The fraction of sp³-hybridized carbons (Fsp3) is 0.458. The lowest BCUT2D eigenvalue weighted by molar-refractivity contribution is -0.140.